The van der Waals surface area contributed by atoms with Crippen LogP contribution in [-0.4, -0.2) is 205 Å². The van der Waals surface area contributed by atoms with Crippen LogP contribution in [0, 0.1) is 0 Å². The standard InChI is InChI=1S/C53H74N2O32S3/c1-18-54-37-19-21(2)89(70,71)53-36(37)20-38(88-53)90(72,73)55-39(56)22(3)75-41(58)24(5)77-43(60)26(7)79-45(62)28(9)81-47(64)30(11)83-49(66)32(13)85-51(68)34(15)87-52(69)35(16)86-50(67)33(14)84-48(65)31(12)82-46(63)29(10)80-44(61)27(8)78-42(59)25(6)76-40(57)23(4)74-17/h20-35,37,54H,18-19H2,1-17H3,(H,55,56)/t21-,22?,23?,24?,25?,26?,27?,28?,29?,30?,31?,32?,33?,34?,35?,37-/m0/s1. The van der Waals surface area contributed by atoms with Gasteiger partial charge in [-0.15, -0.1) is 11.3 Å². The topological polar surface area (TPSA) is 461 Å². The van der Waals surface area contributed by atoms with Gasteiger partial charge in [-0.1, -0.05) is 6.92 Å². The van der Waals surface area contributed by atoms with Crippen molar-refractivity contribution in [2.45, 2.75) is 222 Å². The van der Waals surface area contributed by atoms with Crippen molar-refractivity contribution in [1.29, 1.82) is 0 Å². The van der Waals surface area contributed by atoms with Crippen molar-refractivity contribution in [3.63, 3.8) is 0 Å². The third-order valence-corrected chi connectivity index (χ3v) is 17.9. The van der Waals surface area contributed by atoms with Gasteiger partial charge in [-0.25, -0.2) is 83.9 Å². The van der Waals surface area contributed by atoms with Gasteiger partial charge in [0, 0.05) is 18.7 Å². The summed E-state index contributed by atoms with van der Waals surface area (Å²) in [4.78, 5) is 176. The molecule has 0 saturated heterocycles. The molecule has 1 aliphatic rings. The number of sulfone groups is 1. The summed E-state index contributed by atoms with van der Waals surface area (Å²) in [6.07, 6.45) is -23.2. The van der Waals surface area contributed by atoms with E-state index in [1.807, 2.05) is 0 Å². The monoisotopic (exact) mass is 1350 g/mol. The molecule has 14 unspecified atom stereocenters. The second-order valence-electron chi connectivity index (χ2n) is 19.9. The molecule has 1 amide bonds. The van der Waals surface area contributed by atoms with Gasteiger partial charge < -0.3 is 71.6 Å². The number of thiophene rings is 1. The molecule has 1 aromatic rings. The maximum atomic E-state index is 13.2. The number of methoxy groups -OCH3 is 1. The lowest BCUT2D eigenvalue weighted by atomic mass is 10.1. The van der Waals surface area contributed by atoms with Crippen molar-refractivity contribution in [3.05, 3.63) is 11.6 Å². The van der Waals surface area contributed by atoms with Crippen LogP contribution < -0.4 is 10.0 Å². The zero-order valence-corrected chi connectivity index (χ0v) is 54.5. The second-order valence-corrected chi connectivity index (χ2v) is 25.4. The quantitative estimate of drug-likeness (QED) is 0.0703. The van der Waals surface area contributed by atoms with Crippen LogP contribution >= 0.6 is 11.3 Å². The highest BCUT2D eigenvalue weighted by Crippen LogP contribution is 2.42. The number of rotatable bonds is 32. The van der Waals surface area contributed by atoms with Crippen LogP contribution in [0.1, 0.15) is 129 Å². The van der Waals surface area contributed by atoms with E-state index in [1.165, 1.54) is 27.9 Å². The molecule has 0 bridgehead atoms. The van der Waals surface area contributed by atoms with Crippen molar-refractivity contribution in [3.8, 4) is 0 Å². The van der Waals surface area contributed by atoms with Gasteiger partial charge in [0.2, 0.25) is 0 Å². The zero-order valence-electron chi connectivity index (χ0n) is 52.0. The summed E-state index contributed by atoms with van der Waals surface area (Å²) in [5.74, 6) is -17.9. The summed E-state index contributed by atoms with van der Waals surface area (Å²) in [5.41, 5.74) is 0.227. The molecule has 0 spiro atoms. The van der Waals surface area contributed by atoms with E-state index in [9.17, 15) is 84.0 Å². The van der Waals surface area contributed by atoms with Gasteiger partial charge in [0.25, 0.3) is 15.9 Å². The Bertz CT molecular complexity index is 3090. The average Bonchev–Trinajstić information content (AvgIpc) is 1.58. The molecule has 90 heavy (non-hydrogen) atoms. The van der Waals surface area contributed by atoms with E-state index in [2.05, 4.69) is 5.32 Å². The van der Waals surface area contributed by atoms with E-state index in [0.717, 1.165) is 89.2 Å². The molecule has 37 heteroatoms. The lowest BCUT2D eigenvalue weighted by Crippen LogP contribution is -2.42. The highest BCUT2D eigenvalue weighted by Gasteiger charge is 2.41. The van der Waals surface area contributed by atoms with Gasteiger partial charge in [-0.05, 0) is 123 Å². The van der Waals surface area contributed by atoms with Crippen LogP contribution in [-0.2, 0) is 153 Å². The van der Waals surface area contributed by atoms with Crippen LogP contribution in [0.5, 0.6) is 0 Å². The Morgan fingerprint density at radius 1 is 0.433 bits per heavy atom. The fourth-order valence-corrected chi connectivity index (χ4v) is 11.7. The second kappa shape index (κ2) is 34.3. The van der Waals surface area contributed by atoms with E-state index in [4.69, 9.17) is 66.3 Å². The number of amides is 1. The first-order valence-corrected chi connectivity index (χ1v) is 31.2. The van der Waals surface area contributed by atoms with Gasteiger partial charge in [0.1, 0.15) is 8.42 Å². The van der Waals surface area contributed by atoms with Crippen molar-refractivity contribution < 1.29 is 150 Å². The number of esters is 13. The van der Waals surface area contributed by atoms with Crippen molar-refractivity contribution in [2.24, 2.45) is 0 Å². The summed E-state index contributed by atoms with van der Waals surface area (Å²) >= 11 is 0.452. The summed E-state index contributed by atoms with van der Waals surface area (Å²) in [6.45, 7) is 18.5. The van der Waals surface area contributed by atoms with Crippen LogP contribution in [0.3, 0.4) is 0 Å². The minimum Gasteiger partial charge on any atom is -0.450 e. The molecule has 16 atom stereocenters. The molecular weight excluding hydrogens is 1270 g/mol. The Labute approximate surface area is 520 Å². The Balaban J connectivity index is 1.80. The number of ether oxygens (including phenoxy) is 14. The molecule has 1 aliphatic heterocycles. The smallest absolute Gasteiger partial charge is 0.347 e. The average molecular weight is 1350 g/mol. The van der Waals surface area contributed by atoms with Gasteiger partial charge in [-0.3, -0.25) is 4.79 Å². The first kappa shape index (κ1) is 78.2. The minimum absolute atomic E-state index is 0.169. The molecule has 34 nitrogen and oxygen atoms in total. The summed E-state index contributed by atoms with van der Waals surface area (Å²) in [7, 11) is -7.32. The lowest BCUT2D eigenvalue weighted by Gasteiger charge is -2.27. The molecule has 0 aromatic carbocycles. The van der Waals surface area contributed by atoms with Gasteiger partial charge >= 0.3 is 77.6 Å². The van der Waals surface area contributed by atoms with Crippen molar-refractivity contribution in [2.75, 3.05) is 13.7 Å². The summed E-state index contributed by atoms with van der Waals surface area (Å²) < 4.78 is 122. The number of fused-ring (bicyclic) bond motifs is 1. The zero-order chi connectivity index (χ0) is 69.2. The van der Waals surface area contributed by atoms with Crippen LogP contribution in [0.15, 0.2) is 14.5 Å². The van der Waals surface area contributed by atoms with E-state index in [1.54, 1.807) is 11.6 Å². The predicted octanol–water partition coefficient (Wildman–Crippen LogP) is -0.0835. The molecule has 0 aliphatic carbocycles. The first-order chi connectivity index (χ1) is 41.5. The predicted molar refractivity (Wildman–Crippen MR) is 296 cm³/mol. The first-order valence-electron chi connectivity index (χ1n) is 27.4. The van der Waals surface area contributed by atoms with Crippen LogP contribution in [0.4, 0.5) is 0 Å². The SMILES string of the molecule is CCN[C@H]1C[C@H](C)S(=O)(=O)c2sc(S(=O)(=O)NC(=O)C(C)OC(=O)C(C)OC(=O)C(C)OC(=O)C(C)OC(=O)C(C)OC(=O)C(C)OC(=O)C(C)OC(=O)C(C)OC(=O)C(C)OC(=O)C(C)OC(=O)C(C)OC(=O)C(C)OC(=O)C(C)OC(=O)C(C)OC)cc21. The molecule has 2 rings (SSSR count). The number of hydrogen-bond acceptors (Lipinski definition) is 34. The largest absolute Gasteiger partial charge is 0.450 e. The van der Waals surface area contributed by atoms with Crippen LogP contribution in [0.2, 0.25) is 0 Å². The van der Waals surface area contributed by atoms with Crippen LogP contribution in [0.25, 0.3) is 0 Å². The molecular formula is C53H74N2O32S3. The van der Waals surface area contributed by atoms with E-state index in [-0.39, 0.29) is 16.2 Å². The van der Waals surface area contributed by atoms with Gasteiger partial charge in [-0.2, -0.15) is 0 Å². The Kier molecular flexibility index (Phi) is 29.8. The normalized spacial score (nSPS) is 18.9. The van der Waals surface area contributed by atoms with Crippen molar-refractivity contribution in [1.82, 2.24) is 10.0 Å². The highest BCUT2D eigenvalue weighted by atomic mass is 32.3. The highest BCUT2D eigenvalue weighted by molar-refractivity contribution is 7.95. The third-order valence-electron chi connectivity index (χ3n) is 12.2. The van der Waals surface area contributed by atoms with E-state index < -0.39 is 204 Å². The fourth-order valence-electron chi connectivity index (χ4n) is 6.67. The van der Waals surface area contributed by atoms with Gasteiger partial charge in [0.05, 0.1) is 5.25 Å². The summed E-state index contributed by atoms with van der Waals surface area (Å²) in [6, 6.07) is 0.669. The number of nitrogens with one attached hydrogen (secondary N) is 2. The van der Waals surface area contributed by atoms with Gasteiger partial charge in [0.15, 0.2) is 95.3 Å². The molecule has 2 N–H and O–H groups in total. The molecule has 0 fully saturated rings. The lowest BCUT2D eigenvalue weighted by molar-refractivity contribution is -0.190. The van der Waals surface area contributed by atoms with E-state index in [0.29, 0.717) is 17.9 Å². The number of carbonyl (C=O) groups excluding carboxylic acids is 14. The Morgan fingerprint density at radius 3 is 0.878 bits per heavy atom. The summed E-state index contributed by atoms with van der Waals surface area (Å²) in [5, 5.41) is 2.29. The number of hydrogen-bond donors (Lipinski definition) is 2. The molecule has 1 aromatic heterocycles. The maximum Gasteiger partial charge on any atom is 0.347 e. The minimum atomic E-state index is -4.68. The Hall–Kier alpha value is -7.90. The number of sulfonamides is 1. The molecule has 2 heterocycles. The number of carbonyl (C=O) groups is 14. The maximum absolute atomic E-state index is 13.2. The Morgan fingerprint density at radius 2 is 0.656 bits per heavy atom. The molecule has 506 valence electrons. The van der Waals surface area contributed by atoms with E-state index >= 15 is 0 Å². The molecule has 0 saturated carbocycles. The van der Waals surface area contributed by atoms with Crippen molar-refractivity contribution >= 4 is 115 Å². The third kappa shape index (κ3) is 22.8. The molecule has 0 radical (unpaired) electrons. The fraction of sp³-hybridized carbons (Fsp3) is 0.660.